The highest BCUT2D eigenvalue weighted by Crippen LogP contribution is 2.12. The van der Waals surface area contributed by atoms with E-state index in [1.165, 1.54) is 0 Å². The van der Waals surface area contributed by atoms with Gasteiger partial charge < -0.3 is 9.32 Å². The van der Waals surface area contributed by atoms with Crippen LogP contribution in [0.1, 0.15) is 17.0 Å². The summed E-state index contributed by atoms with van der Waals surface area (Å²) in [7, 11) is 0. The molecule has 0 aliphatic heterocycles. The molecule has 0 fully saturated rings. The maximum absolute atomic E-state index is 12.7. The summed E-state index contributed by atoms with van der Waals surface area (Å²) < 4.78 is 5.39. The number of pyridine rings is 1. The lowest BCUT2D eigenvalue weighted by Crippen LogP contribution is -2.31. The van der Waals surface area contributed by atoms with E-state index in [1.54, 1.807) is 17.4 Å². The number of hydrogen-bond acceptors (Lipinski definition) is 3. The molecule has 3 aromatic rings. The summed E-state index contributed by atoms with van der Waals surface area (Å²) in [5.41, 5.74) is 1.86. The van der Waals surface area contributed by atoms with Gasteiger partial charge in [0, 0.05) is 6.20 Å². The molecule has 1 amide bonds. The first-order chi connectivity index (χ1) is 11.3. The number of aromatic nitrogens is 1. The number of furan rings is 1. The van der Waals surface area contributed by atoms with Crippen LogP contribution in [0.5, 0.6) is 0 Å². The van der Waals surface area contributed by atoms with E-state index >= 15 is 0 Å². The highest BCUT2D eigenvalue weighted by molar-refractivity contribution is 5.85. The van der Waals surface area contributed by atoms with Gasteiger partial charge in [0.2, 0.25) is 5.91 Å². The molecule has 0 aliphatic carbocycles. The number of rotatable bonds is 6. The molecule has 1 aromatic carbocycles. The number of halogens is 1. The summed E-state index contributed by atoms with van der Waals surface area (Å²) >= 11 is 0. The van der Waals surface area contributed by atoms with E-state index in [0.29, 0.717) is 19.5 Å². The van der Waals surface area contributed by atoms with E-state index in [9.17, 15) is 4.79 Å². The molecule has 2 heterocycles. The number of carbonyl (C=O) groups excluding carboxylic acids is 1. The molecule has 0 bridgehead atoms. The van der Waals surface area contributed by atoms with Crippen molar-refractivity contribution < 1.29 is 9.21 Å². The number of nitrogens with zero attached hydrogens (tertiary/aromatic N) is 2. The largest absolute Gasteiger partial charge is 0.467 e. The molecule has 24 heavy (non-hydrogen) atoms. The first-order valence-electron chi connectivity index (χ1n) is 7.55. The third-order valence-electron chi connectivity index (χ3n) is 3.56. The Morgan fingerprint density at radius 3 is 2.42 bits per heavy atom. The van der Waals surface area contributed by atoms with Crippen LogP contribution in [0, 0.1) is 0 Å². The van der Waals surface area contributed by atoms with Crippen molar-refractivity contribution >= 4 is 18.3 Å². The van der Waals surface area contributed by atoms with Gasteiger partial charge in [0.15, 0.2) is 0 Å². The first kappa shape index (κ1) is 17.8. The van der Waals surface area contributed by atoms with Gasteiger partial charge >= 0.3 is 0 Å². The van der Waals surface area contributed by atoms with Crippen LogP contribution < -0.4 is 0 Å². The van der Waals surface area contributed by atoms with Crippen LogP contribution in [0.2, 0.25) is 0 Å². The second-order valence-electron chi connectivity index (χ2n) is 5.31. The van der Waals surface area contributed by atoms with Crippen molar-refractivity contribution in [1.29, 1.82) is 0 Å². The fourth-order valence-electron chi connectivity index (χ4n) is 2.39. The standard InChI is InChI=1S/C19H18N2O2.ClH/c22-19(13-16-7-2-1-3-8-16)21(15-18-10-6-12-23-18)14-17-9-4-5-11-20-17;/h1-12H,13-15H2;1H. The van der Waals surface area contributed by atoms with E-state index in [-0.39, 0.29) is 18.3 Å². The molecular formula is C19H19ClN2O2. The van der Waals surface area contributed by atoms with Crippen LogP contribution in [-0.2, 0) is 24.3 Å². The molecule has 2 aromatic heterocycles. The Morgan fingerprint density at radius 1 is 0.958 bits per heavy atom. The lowest BCUT2D eigenvalue weighted by Gasteiger charge is -2.21. The summed E-state index contributed by atoms with van der Waals surface area (Å²) in [6.07, 6.45) is 3.73. The molecule has 0 N–H and O–H groups in total. The van der Waals surface area contributed by atoms with Crippen LogP contribution >= 0.6 is 12.4 Å². The molecule has 0 radical (unpaired) electrons. The maximum Gasteiger partial charge on any atom is 0.227 e. The van der Waals surface area contributed by atoms with Crippen molar-refractivity contribution in [2.75, 3.05) is 0 Å². The average molecular weight is 343 g/mol. The molecule has 0 spiro atoms. The molecule has 0 unspecified atom stereocenters. The van der Waals surface area contributed by atoms with Gasteiger partial charge in [0.25, 0.3) is 0 Å². The summed E-state index contributed by atoms with van der Waals surface area (Å²) in [6, 6.07) is 19.2. The highest BCUT2D eigenvalue weighted by Gasteiger charge is 2.16. The zero-order chi connectivity index (χ0) is 15.9. The van der Waals surface area contributed by atoms with Gasteiger partial charge in [-0.15, -0.1) is 12.4 Å². The minimum Gasteiger partial charge on any atom is -0.467 e. The van der Waals surface area contributed by atoms with Crippen LogP contribution in [0.25, 0.3) is 0 Å². The van der Waals surface area contributed by atoms with Crippen molar-refractivity contribution in [3.8, 4) is 0 Å². The Bertz CT molecular complexity index is 731. The third-order valence-corrected chi connectivity index (χ3v) is 3.56. The minimum absolute atomic E-state index is 0. The van der Waals surface area contributed by atoms with Crippen LogP contribution in [0.4, 0.5) is 0 Å². The van der Waals surface area contributed by atoms with Crippen molar-refractivity contribution in [3.63, 3.8) is 0 Å². The molecule has 0 saturated heterocycles. The number of hydrogen-bond donors (Lipinski definition) is 0. The van der Waals surface area contributed by atoms with Crippen molar-refractivity contribution in [2.45, 2.75) is 19.5 Å². The van der Waals surface area contributed by atoms with E-state index < -0.39 is 0 Å². The quantitative estimate of drug-likeness (QED) is 0.683. The van der Waals surface area contributed by atoms with Gasteiger partial charge in [-0.3, -0.25) is 9.78 Å². The van der Waals surface area contributed by atoms with E-state index in [1.807, 2.05) is 60.7 Å². The first-order valence-corrected chi connectivity index (χ1v) is 7.55. The Morgan fingerprint density at radius 2 is 1.75 bits per heavy atom. The predicted octanol–water partition coefficient (Wildman–Crippen LogP) is 3.87. The van der Waals surface area contributed by atoms with Gasteiger partial charge in [-0.25, -0.2) is 0 Å². The molecule has 0 atom stereocenters. The fraction of sp³-hybridized carbons (Fsp3) is 0.158. The smallest absolute Gasteiger partial charge is 0.227 e. The molecule has 0 aliphatic rings. The van der Waals surface area contributed by atoms with Crippen LogP contribution in [0.15, 0.2) is 77.5 Å². The van der Waals surface area contributed by atoms with Gasteiger partial charge in [-0.2, -0.15) is 0 Å². The molecule has 4 nitrogen and oxygen atoms in total. The van der Waals surface area contributed by atoms with E-state index in [0.717, 1.165) is 17.0 Å². The summed E-state index contributed by atoms with van der Waals surface area (Å²) in [5.74, 6) is 0.820. The average Bonchev–Trinajstić information content (AvgIpc) is 3.09. The number of benzene rings is 1. The lowest BCUT2D eigenvalue weighted by molar-refractivity contribution is -0.132. The van der Waals surface area contributed by atoms with Crippen LogP contribution in [0.3, 0.4) is 0 Å². The maximum atomic E-state index is 12.7. The lowest BCUT2D eigenvalue weighted by atomic mass is 10.1. The van der Waals surface area contributed by atoms with E-state index in [4.69, 9.17) is 4.42 Å². The van der Waals surface area contributed by atoms with Gasteiger partial charge in [0.05, 0.1) is 31.5 Å². The fourth-order valence-corrected chi connectivity index (χ4v) is 2.39. The van der Waals surface area contributed by atoms with Crippen molar-refractivity contribution in [3.05, 3.63) is 90.1 Å². The number of carbonyl (C=O) groups is 1. The molecule has 0 saturated carbocycles. The van der Waals surface area contributed by atoms with Gasteiger partial charge in [0.1, 0.15) is 5.76 Å². The SMILES string of the molecule is Cl.O=C(Cc1ccccc1)N(Cc1ccccn1)Cc1ccco1. The van der Waals surface area contributed by atoms with E-state index in [2.05, 4.69) is 4.98 Å². The minimum atomic E-state index is 0. The van der Waals surface area contributed by atoms with Crippen molar-refractivity contribution in [2.24, 2.45) is 0 Å². The Labute approximate surface area is 147 Å². The molecule has 124 valence electrons. The van der Waals surface area contributed by atoms with Gasteiger partial charge in [-0.1, -0.05) is 36.4 Å². The summed E-state index contributed by atoms with van der Waals surface area (Å²) in [5, 5.41) is 0. The highest BCUT2D eigenvalue weighted by atomic mass is 35.5. The van der Waals surface area contributed by atoms with Crippen LogP contribution in [-0.4, -0.2) is 15.8 Å². The second kappa shape index (κ2) is 8.89. The summed E-state index contributed by atoms with van der Waals surface area (Å²) in [4.78, 5) is 18.8. The molecular weight excluding hydrogens is 324 g/mol. The zero-order valence-electron chi connectivity index (χ0n) is 13.2. The Balaban J connectivity index is 0.00000208. The monoisotopic (exact) mass is 342 g/mol. The topological polar surface area (TPSA) is 46.3 Å². The molecule has 3 rings (SSSR count). The normalized spacial score (nSPS) is 10.0. The Kier molecular flexibility index (Phi) is 6.58. The third kappa shape index (κ3) is 4.96. The van der Waals surface area contributed by atoms with Crippen molar-refractivity contribution in [1.82, 2.24) is 9.88 Å². The van der Waals surface area contributed by atoms with Gasteiger partial charge in [-0.05, 0) is 29.8 Å². The second-order valence-corrected chi connectivity index (χ2v) is 5.31. The molecule has 5 heteroatoms. The number of amides is 1. The summed E-state index contributed by atoms with van der Waals surface area (Å²) in [6.45, 7) is 0.905. The predicted molar refractivity (Wildman–Crippen MR) is 94.6 cm³/mol. The Hall–Kier alpha value is -2.59. The zero-order valence-corrected chi connectivity index (χ0v) is 14.0.